The minimum absolute atomic E-state index is 0.200. The maximum atomic E-state index is 12.2. The van der Waals surface area contributed by atoms with E-state index >= 15 is 0 Å². The number of para-hydroxylation sites is 1. The molecule has 5 nitrogen and oxygen atoms in total. The van der Waals surface area contributed by atoms with Crippen molar-refractivity contribution >= 4 is 32.6 Å². The Balaban J connectivity index is 2.98. The third-order valence-electron chi connectivity index (χ3n) is 2.70. The van der Waals surface area contributed by atoms with Gasteiger partial charge in [-0.1, -0.05) is 6.07 Å². The summed E-state index contributed by atoms with van der Waals surface area (Å²) in [5.41, 5.74) is -0.397. The standard InChI is InChI=1S/C12H11BrN2O3/c1-7(16)6-15-11(17)8-4-3-5-9(13)10(8)14(2)12(15)18/h3-5H,6H2,1-2H3. The zero-order valence-electron chi connectivity index (χ0n) is 9.94. The molecule has 0 N–H and O–H groups in total. The Morgan fingerprint density at radius 2 is 2.00 bits per heavy atom. The number of fused-ring (bicyclic) bond motifs is 1. The Kier molecular flexibility index (Phi) is 3.21. The molecule has 1 aromatic heterocycles. The van der Waals surface area contributed by atoms with E-state index in [9.17, 15) is 14.4 Å². The van der Waals surface area contributed by atoms with Crippen LogP contribution in [0.15, 0.2) is 32.3 Å². The molecule has 0 amide bonds. The van der Waals surface area contributed by atoms with Crippen molar-refractivity contribution in [2.24, 2.45) is 7.05 Å². The minimum atomic E-state index is -0.491. The van der Waals surface area contributed by atoms with E-state index in [4.69, 9.17) is 0 Å². The number of aryl methyl sites for hydroxylation is 1. The van der Waals surface area contributed by atoms with Gasteiger partial charge in [0, 0.05) is 11.5 Å². The highest BCUT2D eigenvalue weighted by molar-refractivity contribution is 9.10. The minimum Gasteiger partial charge on any atom is -0.298 e. The highest BCUT2D eigenvalue weighted by Gasteiger charge is 2.13. The first-order chi connectivity index (χ1) is 8.43. The topological polar surface area (TPSA) is 61.1 Å². The lowest BCUT2D eigenvalue weighted by molar-refractivity contribution is -0.117. The molecule has 0 aliphatic carbocycles. The van der Waals surface area contributed by atoms with E-state index < -0.39 is 11.2 Å². The van der Waals surface area contributed by atoms with Gasteiger partial charge in [-0.2, -0.15) is 0 Å². The van der Waals surface area contributed by atoms with Crippen LogP contribution < -0.4 is 11.2 Å². The summed E-state index contributed by atoms with van der Waals surface area (Å²) in [6.45, 7) is 1.14. The Morgan fingerprint density at radius 1 is 1.33 bits per heavy atom. The number of benzene rings is 1. The number of rotatable bonds is 2. The molecule has 0 atom stereocenters. The molecule has 0 saturated heterocycles. The van der Waals surface area contributed by atoms with Crippen LogP contribution in [0.4, 0.5) is 0 Å². The second-order valence-electron chi connectivity index (χ2n) is 4.07. The molecule has 1 aromatic carbocycles. The normalized spacial score (nSPS) is 10.8. The third-order valence-corrected chi connectivity index (χ3v) is 3.34. The second kappa shape index (κ2) is 4.53. The zero-order chi connectivity index (χ0) is 13.4. The molecule has 6 heteroatoms. The number of hydrogen-bond acceptors (Lipinski definition) is 3. The third kappa shape index (κ3) is 1.92. The van der Waals surface area contributed by atoms with Crippen LogP contribution in [-0.2, 0) is 18.4 Å². The predicted octanol–water partition coefficient (Wildman–Crippen LogP) is 1.05. The lowest BCUT2D eigenvalue weighted by Crippen LogP contribution is -2.40. The van der Waals surface area contributed by atoms with E-state index in [1.165, 1.54) is 11.5 Å². The molecule has 0 spiro atoms. The lowest BCUT2D eigenvalue weighted by atomic mass is 10.2. The Morgan fingerprint density at radius 3 is 2.61 bits per heavy atom. The summed E-state index contributed by atoms with van der Waals surface area (Å²) in [7, 11) is 1.57. The molecule has 0 bridgehead atoms. The summed E-state index contributed by atoms with van der Waals surface area (Å²) in [4.78, 5) is 35.3. The van der Waals surface area contributed by atoms with Gasteiger partial charge < -0.3 is 0 Å². The van der Waals surface area contributed by atoms with Crippen molar-refractivity contribution in [2.45, 2.75) is 13.5 Å². The summed E-state index contributed by atoms with van der Waals surface area (Å²) < 4.78 is 2.99. The van der Waals surface area contributed by atoms with Crippen LogP contribution in [0.3, 0.4) is 0 Å². The number of Topliss-reactive ketones (excluding diaryl/α,β-unsaturated/α-hetero) is 1. The summed E-state index contributed by atoms with van der Waals surface area (Å²) in [6, 6.07) is 5.12. The Labute approximate surface area is 111 Å². The zero-order valence-corrected chi connectivity index (χ0v) is 11.5. The number of ketones is 1. The first kappa shape index (κ1) is 12.8. The van der Waals surface area contributed by atoms with Gasteiger partial charge in [0.1, 0.15) is 5.78 Å². The average molecular weight is 311 g/mol. The molecular weight excluding hydrogens is 300 g/mol. The quantitative estimate of drug-likeness (QED) is 0.833. The number of hydrogen-bond donors (Lipinski definition) is 0. The average Bonchev–Trinajstić information content (AvgIpc) is 2.31. The fourth-order valence-corrected chi connectivity index (χ4v) is 2.53. The van der Waals surface area contributed by atoms with Crippen LogP contribution in [-0.4, -0.2) is 14.9 Å². The van der Waals surface area contributed by atoms with Crippen LogP contribution >= 0.6 is 15.9 Å². The summed E-state index contributed by atoms with van der Waals surface area (Å²) >= 11 is 3.32. The molecule has 0 radical (unpaired) electrons. The van der Waals surface area contributed by atoms with E-state index in [1.54, 1.807) is 25.2 Å². The van der Waals surface area contributed by atoms with Crippen molar-refractivity contribution in [1.29, 1.82) is 0 Å². The van der Waals surface area contributed by atoms with Crippen molar-refractivity contribution in [3.05, 3.63) is 43.5 Å². The van der Waals surface area contributed by atoms with Gasteiger partial charge in [0.05, 0.1) is 17.4 Å². The van der Waals surface area contributed by atoms with E-state index in [-0.39, 0.29) is 12.3 Å². The van der Waals surface area contributed by atoms with Crippen LogP contribution in [0.25, 0.3) is 10.9 Å². The van der Waals surface area contributed by atoms with E-state index in [2.05, 4.69) is 15.9 Å². The number of carbonyl (C=O) groups excluding carboxylic acids is 1. The van der Waals surface area contributed by atoms with Gasteiger partial charge in [-0.25, -0.2) is 4.79 Å². The highest BCUT2D eigenvalue weighted by atomic mass is 79.9. The molecule has 18 heavy (non-hydrogen) atoms. The molecule has 0 saturated carbocycles. The SMILES string of the molecule is CC(=O)Cn1c(=O)c2cccc(Br)c2n(C)c1=O. The van der Waals surface area contributed by atoms with Crippen LogP contribution in [0.1, 0.15) is 6.92 Å². The highest BCUT2D eigenvalue weighted by Crippen LogP contribution is 2.19. The number of halogens is 1. The van der Waals surface area contributed by atoms with Crippen LogP contribution in [0.2, 0.25) is 0 Å². The molecule has 0 fully saturated rings. The van der Waals surface area contributed by atoms with E-state index in [0.29, 0.717) is 15.4 Å². The largest absolute Gasteiger partial charge is 0.331 e. The number of aromatic nitrogens is 2. The van der Waals surface area contributed by atoms with Gasteiger partial charge in [-0.05, 0) is 35.0 Å². The van der Waals surface area contributed by atoms with Crippen molar-refractivity contribution in [2.75, 3.05) is 0 Å². The van der Waals surface area contributed by atoms with Crippen LogP contribution in [0, 0.1) is 0 Å². The fourth-order valence-electron chi connectivity index (χ4n) is 1.90. The molecule has 2 rings (SSSR count). The molecule has 0 aliphatic rings. The maximum Gasteiger partial charge on any atom is 0.331 e. The number of carbonyl (C=O) groups is 1. The van der Waals surface area contributed by atoms with Crippen molar-refractivity contribution < 1.29 is 4.79 Å². The first-order valence-electron chi connectivity index (χ1n) is 5.31. The van der Waals surface area contributed by atoms with Crippen LogP contribution in [0.5, 0.6) is 0 Å². The molecule has 0 unspecified atom stereocenters. The monoisotopic (exact) mass is 310 g/mol. The molecule has 1 heterocycles. The fraction of sp³-hybridized carbons (Fsp3) is 0.250. The maximum absolute atomic E-state index is 12.2. The van der Waals surface area contributed by atoms with Gasteiger partial charge in [0.25, 0.3) is 5.56 Å². The van der Waals surface area contributed by atoms with Gasteiger partial charge in [0.2, 0.25) is 0 Å². The Bertz CT molecular complexity index is 758. The lowest BCUT2D eigenvalue weighted by Gasteiger charge is -2.10. The van der Waals surface area contributed by atoms with Crippen molar-refractivity contribution in [1.82, 2.24) is 9.13 Å². The Hall–Kier alpha value is -1.69. The van der Waals surface area contributed by atoms with Gasteiger partial charge in [-0.15, -0.1) is 0 Å². The molecule has 94 valence electrons. The van der Waals surface area contributed by atoms with E-state index in [1.807, 2.05) is 0 Å². The van der Waals surface area contributed by atoms with Gasteiger partial charge in [0.15, 0.2) is 0 Å². The predicted molar refractivity (Wildman–Crippen MR) is 71.8 cm³/mol. The molecule has 2 aromatic rings. The summed E-state index contributed by atoms with van der Waals surface area (Å²) in [5.74, 6) is -0.233. The van der Waals surface area contributed by atoms with Gasteiger partial charge >= 0.3 is 5.69 Å². The van der Waals surface area contributed by atoms with Crippen molar-refractivity contribution in [3.8, 4) is 0 Å². The van der Waals surface area contributed by atoms with Crippen molar-refractivity contribution in [3.63, 3.8) is 0 Å². The smallest absolute Gasteiger partial charge is 0.298 e. The molecule has 0 aliphatic heterocycles. The first-order valence-corrected chi connectivity index (χ1v) is 6.10. The van der Waals surface area contributed by atoms with Gasteiger partial charge in [-0.3, -0.25) is 18.7 Å². The molecular formula is C12H11BrN2O3. The second-order valence-corrected chi connectivity index (χ2v) is 4.93. The number of nitrogens with zero attached hydrogens (tertiary/aromatic N) is 2. The summed E-state index contributed by atoms with van der Waals surface area (Å²) in [5, 5.41) is 0.410. The van der Waals surface area contributed by atoms with E-state index in [0.717, 1.165) is 4.57 Å². The summed E-state index contributed by atoms with van der Waals surface area (Å²) in [6.07, 6.45) is 0.